The number of benzene rings is 1. The predicted octanol–water partition coefficient (Wildman–Crippen LogP) is 2.77. The van der Waals surface area contributed by atoms with E-state index >= 15 is 0 Å². The van der Waals surface area contributed by atoms with E-state index in [-0.39, 0.29) is 0 Å². The molecule has 2 nitrogen and oxygen atoms in total. The van der Waals surface area contributed by atoms with Gasteiger partial charge in [0.25, 0.3) is 0 Å². The fourth-order valence-corrected chi connectivity index (χ4v) is 2.20. The van der Waals surface area contributed by atoms with E-state index in [4.69, 9.17) is 5.11 Å². The number of rotatable bonds is 3. The van der Waals surface area contributed by atoms with Gasteiger partial charge in [-0.2, -0.15) is 0 Å². The zero-order chi connectivity index (χ0) is 15.7. The average Bonchev–Trinajstić information content (AvgIpc) is 2.25. The fourth-order valence-electron chi connectivity index (χ4n) is 1.67. The molecule has 0 fully saturated rings. The molecule has 2 unspecified atom stereocenters. The summed E-state index contributed by atoms with van der Waals surface area (Å²) in [5.41, 5.74) is -4.27. The molecule has 0 heterocycles. The molecule has 0 saturated carbocycles. The van der Waals surface area contributed by atoms with Crippen LogP contribution in [-0.2, 0) is 23.6 Å². The Balaban J connectivity index is 3.42. The van der Waals surface area contributed by atoms with Gasteiger partial charge in [-0.1, -0.05) is 0 Å². The van der Waals surface area contributed by atoms with Crippen LogP contribution in [0.25, 0.3) is 0 Å². The molecule has 1 rings (SSSR count). The van der Waals surface area contributed by atoms with Crippen molar-refractivity contribution in [3.8, 4) is 0 Å². The first kappa shape index (κ1) is 16.9. The maximum absolute atomic E-state index is 12.8. The average molecular weight is 362 g/mol. The van der Waals surface area contributed by atoms with Crippen LogP contribution in [0.3, 0.4) is 0 Å². The van der Waals surface area contributed by atoms with Crippen LogP contribution in [-0.4, -0.2) is 27.9 Å². The second kappa shape index (κ2) is 5.67. The number of halogens is 6. The number of carbonyl (C=O) groups is 1. The van der Waals surface area contributed by atoms with Crippen LogP contribution in [0.5, 0.6) is 0 Å². The van der Waals surface area contributed by atoms with Crippen molar-refractivity contribution in [2.24, 2.45) is 0 Å². The molecular formula is C11H9AsF6O2. The Morgan fingerprint density at radius 3 is 2.10 bits per heavy atom. The van der Waals surface area contributed by atoms with Gasteiger partial charge in [-0.25, -0.2) is 0 Å². The van der Waals surface area contributed by atoms with Gasteiger partial charge >= 0.3 is 117 Å². The van der Waals surface area contributed by atoms with E-state index in [1.54, 1.807) is 0 Å². The van der Waals surface area contributed by atoms with E-state index in [2.05, 4.69) is 0 Å². The Kier molecular flexibility index (Phi) is 4.79. The molecule has 9 heteroatoms. The van der Waals surface area contributed by atoms with Gasteiger partial charge in [0, 0.05) is 0 Å². The van der Waals surface area contributed by atoms with Gasteiger partial charge < -0.3 is 0 Å². The molecule has 0 saturated heterocycles. The summed E-state index contributed by atoms with van der Waals surface area (Å²) in [6.07, 6.45) is -11.0. The van der Waals surface area contributed by atoms with Gasteiger partial charge in [0.1, 0.15) is 0 Å². The van der Waals surface area contributed by atoms with Gasteiger partial charge in [0.05, 0.1) is 0 Å². The Hall–Kier alpha value is -1.17. The summed E-state index contributed by atoms with van der Waals surface area (Å²) in [6, 6.07) is 2.05. The van der Waals surface area contributed by atoms with Gasteiger partial charge in [-0.05, 0) is 0 Å². The molecule has 0 aliphatic heterocycles. The van der Waals surface area contributed by atoms with Crippen LogP contribution in [0.15, 0.2) is 18.2 Å². The number of hydrogen-bond donors (Lipinski definition) is 1. The molecule has 112 valence electrons. The van der Waals surface area contributed by atoms with Crippen molar-refractivity contribution in [2.75, 3.05) is 0 Å². The number of aliphatic carboxylic acids is 1. The minimum atomic E-state index is -5.20. The minimum absolute atomic E-state index is 0.336. The Labute approximate surface area is 118 Å². The van der Waals surface area contributed by atoms with Crippen molar-refractivity contribution in [3.63, 3.8) is 0 Å². The number of hydrogen-bond acceptors (Lipinski definition) is 1. The normalized spacial score (nSPS) is 14.2. The van der Waals surface area contributed by atoms with Gasteiger partial charge in [-0.15, -0.1) is 0 Å². The molecule has 1 aromatic carbocycles. The van der Waals surface area contributed by atoms with E-state index in [1.807, 2.05) is 0 Å². The second-order valence-corrected chi connectivity index (χ2v) is 5.67. The SMILES string of the molecule is O=C(O)C([AsH2])Cc1cccc(C(F)(F)F)c1C(F)(F)F. The van der Waals surface area contributed by atoms with Gasteiger partial charge in [-0.3, -0.25) is 0 Å². The summed E-state index contributed by atoms with van der Waals surface area (Å²) < 4.78 is 75.3. The van der Waals surface area contributed by atoms with Crippen LogP contribution >= 0.6 is 0 Å². The standard InChI is InChI=1S/C11H9AsF6O2/c12-7(9(19)20)4-5-2-1-3-6(10(13,14)15)8(5)11(16,17)18/h1-3,7H,4,12H2,(H,19,20). The Morgan fingerprint density at radius 2 is 1.70 bits per heavy atom. The first-order valence-electron chi connectivity index (χ1n) is 5.19. The molecule has 1 N–H and O–H groups in total. The van der Waals surface area contributed by atoms with Crippen LogP contribution in [0.1, 0.15) is 16.7 Å². The van der Waals surface area contributed by atoms with Gasteiger partial charge in [0.2, 0.25) is 0 Å². The van der Waals surface area contributed by atoms with E-state index in [1.165, 1.54) is 0 Å². The monoisotopic (exact) mass is 362 g/mol. The molecule has 20 heavy (non-hydrogen) atoms. The molecule has 0 amide bonds. The quantitative estimate of drug-likeness (QED) is 0.663. The van der Waals surface area contributed by atoms with E-state index in [9.17, 15) is 31.1 Å². The fraction of sp³-hybridized carbons (Fsp3) is 0.364. The van der Waals surface area contributed by atoms with Crippen molar-refractivity contribution >= 4 is 22.8 Å². The predicted molar refractivity (Wildman–Crippen MR) is 60.1 cm³/mol. The number of carboxylic acids is 1. The third-order valence-electron chi connectivity index (χ3n) is 2.50. The Morgan fingerprint density at radius 1 is 1.15 bits per heavy atom. The van der Waals surface area contributed by atoms with Crippen LogP contribution in [0.2, 0.25) is 4.71 Å². The first-order valence-corrected chi connectivity index (χ1v) is 6.59. The third-order valence-corrected chi connectivity index (χ3v) is 3.59. The van der Waals surface area contributed by atoms with Crippen molar-refractivity contribution in [1.29, 1.82) is 0 Å². The molecular weight excluding hydrogens is 353 g/mol. The third kappa shape index (κ3) is 3.91. The molecule has 0 radical (unpaired) electrons. The second-order valence-electron chi connectivity index (χ2n) is 3.98. The topological polar surface area (TPSA) is 37.3 Å². The van der Waals surface area contributed by atoms with E-state index in [0.717, 1.165) is 12.1 Å². The van der Waals surface area contributed by atoms with E-state index < -0.39 is 46.1 Å². The molecule has 0 bridgehead atoms. The zero-order valence-corrected chi connectivity index (χ0v) is 12.1. The van der Waals surface area contributed by atoms with Crippen molar-refractivity contribution in [3.05, 3.63) is 34.9 Å². The van der Waals surface area contributed by atoms with E-state index in [0.29, 0.717) is 22.9 Å². The maximum atomic E-state index is 12.8. The zero-order valence-electron chi connectivity index (χ0n) is 9.72. The summed E-state index contributed by atoms with van der Waals surface area (Å²) in [6.45, 7) is 0. The molecule has 0 aliphatic rings. The van der Waals surface area contributed by atoms with Gasteiger partial charge in [0.15, 0.2) is 0 Å². The van der Waals surface area contributed by atoms with Crippen LogP contribution < -0.4 is 0 Å². The number of alkyl halides is 6. The summed E-state index contributed by atoms with van der Waals surface area (Å²) in [5.74, 6) is -1.35. The molecule has 1 aromatic rings. The van der Waals surface area contributed by atoms with Crippen molar-refractivity contribution in [2.45, 2.75) is 23.5 Å². The summed E-state index contributed by atoms with van der Waals surface area (Å²) in [7, 11) is 0. The van der Waals surface area contributed by atoms with Crippen LogP contribution in [0.4, 0.5) is 26.3 Å². The summed E-state index contributed by atoms with van der Waals surface area (Å²) in [4.78, 5) is 10.7. The summed E-state index contributed by atoms with van der Waals surface area (Å²) >= 11 is 0.635. The summed E-state index contributed by atoms with van der Waals surface area (Å²) in [5, 5.41) is 8.68. The first-order chi connectivity index (χ1) is 8.94. The van der Waals surface area contributed by atoms with Crippen molar-refractivity contribution < 1.29 is 36.2 Å². The van der Waals surface area contributed by atoms with Crippen LogP contribution in [0, 0.1) is 0 Å². The van der Waals surface area contributed by atoms with Crippen molar-refractivity contribution in [1.82, 2.24) is 0 Å². The number of carboxylic acid groups (broad SMARTS) is 1. The molecule has 2 atom stereocenters. The molecule has 0 aliphatic carbocycles. The molecule has 0 aromatic heterocycles. The Bertz CT molecular complexity index is 509. The molecule has 0 spiro atoms.